The second kappa shape index (κ2) is 7.04. The molecule has 1 aromatic carbocycles. The SMILES string of the molecule is O=C(O)Cc1ccc(S(=O)(=O)NC2CCCCCC2)cc1. The highest BCUT2D eigenvalue weighted by Gasteiger charge is 2.21. The fourth-order valence-corrected chi connectivity index (χ4v) is 3.95. The van der Waals surface area contributed by atoms with Crippen LogP contribution in [0.4, 0.5) is 0 Å². The van der Waals surface area contributed by atoms with Gasteiger partial charge in [-0.15, -0.1) is 0 Å². The topological polar surface area (TPSA) is 83.5 Å². The molecule has 0 heterocycles. The predicted octanol–water partition coefficient (Wildman–Crippen LogP) is 2.31. The van der Waals surface area contributed by atoms with Gasteiger partial charge in [0, 0.05) is 6.04 Å². The molecule has 0 saturated heterocycles. The van der Waals surface area contributed by atoms with Gasteiger partial charge < -0.3 is 5.11 Å². The molecule has 2 N–H and O–H groups in total. The Kier molecular flexibility index (Phi) is 5.36. The Labute approximate surface area is 125 Å². The van der Waals surface area contributed by atoms with Crippen molar-refractivity contribution in [1.82, 2.24) is 4.72 Å². The molecule has 1 aliphatic carbocycles. The van der Waals surface area contributed by atoms with Crippen LogP contribution in [-0.4, -0.2) is 25.5 Å². The van der Waals surface area contributed by atoms with Crippen molar-refractivity contribution in [2.45, 2.75) is 55.9 Å². The van der Waals surface area contributed by atoms with Crippen LogP contribution >= 0.6 is 0 Å². The molecule has 6 heteroatoms. The summed E-state index contributed by atoms with van der Waals surface area (Å²) in [5.74, 6) is -0.929. The first kappa shape index (κ1) is 16.0. The van der Waals surface area contributed by atoms with Gasteiger partial charge in [0.2, 0.25) is 10.0 Å². The van der Waals surface area contributed by atoms with Gasteiger partial charge in [-0.05, 0) is 30.5 Å². The summed E-state index contributed by atoms with van der Waals surface area (Å²) in [4.78, 5) is 10.8. The summed E-state index contributed by atoms with van der Waals surface area (Å²) in [7, 11) is -3.52. The van der Waals surface area contributed by atoms with E-state index in [1.165, 1.54) is 25.0 Å². The van der Waals surface area contributed by atoms with Gasteiger partial charge in [-0.2, -0.15) is 0 Å². The Morgan fingerprint density at radius 3 is 2.19 bits per heavy atom. The molecule has 0 unspecified atom stereocenters. The van der Waals surface area contributed by atoms with Gasteiger partial charge >= 0.3 is 5.97 Å². The molecule has 21 heavy (non-hydrogen) atoms. The van der Waals surface area contributed by atoms with Crippen molar-refractivity contribution in [1.29, 1.82) is 0 Å². The number of hydrogen-bond acceptors (Lipinski definition) is 3. The zero-order valence-electron chi connectivity index (χ0n) is 11.9. The lowest BCUT2D eigenvalue weighted by Gasteiger charge is -2.16. The third kappa shape index (κ3) is 4.82. The highest BCUT2D eigenvalue weighted by atomic mass is 32.2. The minimum absolute atomic E-state index is 0.0104. The second-order valence-electron chi connectivity index (χ2n) is 5.52. The molecular formula is C15H21NO4S. The lowest BCUT2D eigenvalue weighted by molar-refractivity contribution is -0.136. The third-order valence-electron chi connectivity index (χ3n) is 3.77. The summed E-state index contributed by atoms with van der Waals surface area (Å²) in [6, 6.07) is 6.05. The van der Waals surface area contributed by atoms with E-state index in [4.69, 9.17) is 5.11 Å². The van der Waals surface area contributed by atoms with Crippen molar-refractivity contribution in [3.63, 3.8) is 0 Å². The minimum atomic E-state index is -3.52. The van der Waals surface area contributed by atoms with E-state index in [1.807, 2.05) is 0 Å². The molecular weight excluding hydrogens is 290 g/mol. The van der Waals surface area contributed by atoms with Crippen molar-refractivity contribution >= 4 is 16.0 Å². The molecule has 5 nitrogen and oxygen atoms in total. The summed E-state index contributed by atoms with van der Waals surface area (Å²) in [5, 5.41) is 8.71. The maximum Gasteiger partial charge on any atom is 0.307 e. The van der Waals surface area contributed by atoms with Gasteiger partial charge in [-0.1, -0.05) is 37.8 Å². The van der Waals surface area contributed by atoms with Crippen LogP contribution in [0.2, 0.25) is 0 Å². The largest absolute Gasteiger partial charge is 0.481 e. The van der Waals surface area contributed by atoms with Gasteiger partial charge in [-0.3, -0.25) is 4.79 Å². The van der Waals surface area contributed by atoms with Gasteiger partial charge in [0.15, 0.2) is 0 Å². The molecule has 0 aromatic heterocycles. The molecule has 1 aliphatic rings. The van der Waals surface area contributed by atoms with Crippen LogP contribution in [0.25, 0.3) is 0 Å². The minimum Gasteiger partial charge on any atom is -0.481 e. The van der Waals surface area contributed by atoms with Crippen molar-refractivity contribution in [2.24, 2.45) is 0 Å². The van der Waals surface area contributed by atoms with Crippen molar-refractivity contribution in [3.05, 3.63) is 29.8 Å². The highest BCUT2D eigenvalue weighted by molar-refractivity contribution is 7.89. The summed E-state index contributed by atoms with van der Waals surface area (Å²) in [5.41, 5.74) is 0.593. The van der Waals surface area contributed by atoms with Crippen molar-refractivity contribution in [3.8, 4) is 0 Å². The van der Waals surface area contributed by atoms with Crippen molar-refractivity contribution in [2.75, 3.05) is 0 Å². The Morgan fingerprint density at radius 1 is 1.10 bits per heavy atom. The average Bonchev–Trinajstić information content (AvgIpc) is 2.67. The first-order chi connectivity index (χ1) is 9.97. The average molecular weight is 311 g/mol. The molecule has 1 saturated carbocycles. The van der Waals surface area contributed by atoms with E-state index < -0.39 is 16.0 Å². The third-order valence-corrected chi connectivity index (χ3v) is 5.30. The number of carbonyl (C=O) groups is 1. The summed E-state index contributed by atoms with van der Waals surface area (Å²) < 4.78 is 27.4. The molecule has 1 fully saturated rings. The van der Waals surface area contributed by atoms with E-state index in [0.717, 1.165) is 25.7 Å². The van der Waals surface area contributed by atoms with Crippen LogP contribution in [0.15, 0.2) is 29.2 Å². The highest BCUT2D eigenvalue weighted by Crippen LogP contribution is 2.20. The molecule has 0 bridgehead atoms. The van der Waals surface area contributed by atoms with E-state index in [1.54, 1.807) is 12.1 Å². The van der Waals surface area contributed by atoms with Crippen LogP contribution in [0.3, 0.4) is 0 Å². The van der Waals surface area contributed by atoms with Crippen LogP contribution in [0.1, 0.15) is 44.1 Å². The fraction of sp³-hybridized carbons (Fsp3) is 0.533. The maximum atomic E-state index is 12.3. The second-order valence-corrected chi connectivity index (χ2v) is 7.24. The molecule has 0 radical (unpaired) electrons. The zero-order valence-corrected chi connectivity index (χ0v) is 12.7. The number of hydrogen-bond donors (Lipinski definition) is 2. The first-order valence-electron chi connectivity index (χ1n) is 7.30. The number of rotatable bonds is 5. The Bertz CT molecular complexity index is 572. The number of carboxylic acid groups (broad SMARTS) is 1. The van der Waals surface area contributed by atoms with Crippen LogP contribution in [0.5, 0.6) is 0 Å². The first-order valence-corrected chi connectivity index (χ1v) is 8.79. The van der Waals surface area contributed by atoms with E-state index in [-0.39, 0.29) is 17.4 Å². The summed E-state index contributed by atoms with van der Waals surface area (Å²) >= 11 is 0. The molecule has 0 atom stereocenters. The molecule has 0 aliphatic heterocycles. The quantitative estimate of drug-likeness (QED) is 0.817. The maximum absolute atomic E-state index is 12.3. The smallest absolute Gasteiger partial charge is 0.307 e. The Balaban J connectivity index is 2.06. The number of aliphatic carboxylic acids is 1. The van der Waals surface area contributed by atoms with Gasteiger partial charge in [0.1, 0.15) is 0 Å². The van der Waals surface area contributed by atoms with E-state index in [0.29, 0.717) is 5.56 Å². The van der Waals surface area contributed by atoms with E-state index in [2.05, 4.69) is 4.72 Å². The van der Waals surface area contributed by atoms with E-state index in [9.17, 15) is 13.2 Å². The van der Waals surface area contributed by atoms with Gasteiger partial charge in [-0.25, -0.2) is 13.1 Å². The number of sulfonamides is 1. The molecule has 116 valence electrons. The molecule has 1 aromatic rings. The lowest BCUT2D eigenvalue weighted by atomic mass is 10.1. The van der Waals surface area contributed by atoms with Crippen LogP contribution in [0, 0.1) is 0 Å². The lowest BCUT2D eigenvalue weighted by Crippen LogP contribution is -2.34. The summed E-state index contributed by atoms with van der Waals surface area (Å²) in [6.45, 7) is 0. The molecule has 2 rings (SSSR count). The number of carboxylic acids is 1. The van der Waals surface area contributed by atoms with Crippen molar-refractivity contribution < 1.29 is 18.3 Å². The van der Waals surface area contributed by atoms with Crippen LogP contribution in [-0.2, 0) is 21.2 Å². The van der Waals surface area contributed by atoms with Crippen LogP contribution < -0.4 is 4.72 Å². The van der Waals surface area contributed by atoms with E-state index >= 15 is 0 Å². The zero-order chi connectivity index (χ0) is 15.3. The summed E-state index contributed by atoms with van der Waals surface area (Å²) in [6.07, 6.45) is 6.13. The predicted molar refractivity (Wildman–Crippen MR) is 79.6 cm³/mol. The molecule has 0 amide bonds. The monoisotopic (exact) mass is 311 g/mol. The normalized spacial score (nSPS) is 17.3. The molecule has 0 spiro atoms. The Morgan fingerprint density at radius 2 is 1.67 bits per heavy atom. The number of nitrogens with one attached hydrogen (secondary N) is 1. The van der Waals surface area contributed by atoms with Gasteiger partial charge in [0.25, 0.3) is 0 Å². The standard InChI is InChI=1S/C15H21NO4S/c17-15(18)11-12-7-9-14(10-8-12)21(19,20)16-13-5-3-1-2-4-6-13/h7-10,13,16H,1-6,11H2,(H,17,18). The Hall–Kier alpha value is -1.40. The number of benzene rings is 1. The fourth-order valence-electron chi connectivity index (χ4n) is 2.65. The van der Waals surface area contributed by atoms with Gasteiger partial charge in [0.05, 0.1) is 11.3 Å².